The van der Waals surface area contributed by atoms with Gasteiger partial charge in [0.25, 0.3) is 0 Å². The average molecular weight is 684 g/mol. The Bertz CT molecular complexity index is 1210. The summed E-state index contributed by atoms with van der Waals surface area (Å²) >= 11 is 20.2. The molecule has 0 unspecified atom stereocenters. The summed E-state index contributed by atoms with van der Waals surface area (Å²) in [5, 5.41) is 3.76. The predicted octanol–water partition coefficient (Wildman–Crippen LogP) is 9.85. The highest BCUT2D eigenvalue weighted by Gasteiger charge is 2.26. The third-order valence-corrected chi connectivity index (χ3v) is 7.98. The predicted molar refractivity (Wildman–Crippen MR) is 133 cm³/mol. The van der Waals surface area contributed by atoms with Crippen LogP contribution in [0.4, 0.5) is 0 Å². The lowest BCUT2D eigenvalue weighted by Gasteiger charge is -2.16. The van der Waals surface area contributed by atoms with Crippen LogP contribution >= 0.6 is 81.9 Å². The van der Waals surface area contributed by atoms with E-state index in [-0.39, 0.29) is 0 Å². The summed E-state index contributed by atoms with van der Waals surface area (Å²) in [5.74, 6) is 0.673. The minimum absolute atomic E-state index is 0.336. The molecular weight excluding hydrogens is 674 g/mol. The molecule has 0 aromatic heterocycles. The highest BCUT2D eigenvalue weighted by molar-refractivity contribution is 9.11. The molecule has 0 amide bonds. The molecule has 0 heterocycles. The topological polar surface area (TPSA) is 35.5 Å². The molecule has 0 aliphatic carbocycles. The van der Waals surface area contributed by atoms with Gasteiger partial charge >= 0.3 is 6.95 Å². The highest BCUT2D eigenvalue weighted by atomic mass is 79.9. The number of halogens is 5. The normalized spacial score (nSPS) is 11.8. The Labute approximate surface area is 205 Å². The van der Waals surface area contributed by atoms with Crippen molar-refractivity contribution in [1.82, 2.24) is 0 Å². The van der Waals surface area contributed by atoms with Crippen molar-refractivity contribution in [3.8, 4) is 11.5 Å². The third kappa shape index (κ3) is 4.70. The van der Waals surface area contributed by atoms with Crippen molar-refractivity contribution < 1.29 is 13.6 Å². The first-order valence-corrected chi connectivity index (χ1v) is 13.8. The first-order valence-electron chi connectivity index (χ1n) is 8.18. The van der Waals surface area contributed by atoms with E-state index in [1.807, 2.05) is 36.4 Å². The fraction of sp³-hybridized carbons (Fsp3) is 0. The van der Waals surface area contributed by atoms with Crippen LogP contribution in [0.15, 0.2) is 78.6 Å². The molecule has 3 nitrogen and oxygen atoms in total. The van der Waals surface area contributed by atoms with Crippen LogP contribution in [0, 0.1) is 0 Å². The van der Waals surface area contributed by atoms with Gasteiger partial charge in [-0.1, -0.05) is 56.1 Å². The summed E-state index contributed by atoms with van der Waals surface area (Å²) in [6, 6.07) is 18.5. The summed E-state index contributed by atoms with van der Waals surface area (Å²) in [4.78, 5) is 0. The van der Waals surface area contributed by atoms with E-state index in [1.54, 1.807) is 24.3 Å². The molecule has 4 rings (SSSR count). The SMILES string of the molecule is O=P(Cl)(Oc1cc(Br)c2c(Br)cccc2c1)Oc1cc(Br)c2c(Br)cccc2c1. The maximum absolute atomic E-state index is 12.9. The maximum Gasteiger partial charge on any atom is 0.530 e. The molecule has 9 heteroatoms. The Kier molecular flexibility index (Phi) is 6.37. The standard InChI is InChI=1S/C20H10Br4ClO3P/c21-15-5-1-3-11-7-13(9-17(23)19(11)15)27-29(25,26)28-14-8-12-4-2-6-16(22)20(12)18(24)10-14/h1-10H. The zero-order valence-electron chi connectivity index (χ0n) is 14.3. The van der Waals surface area contributed by atoms with Gasteiger partial charge in [0.1, 0.15) is 11.5 Å². The lowest BCUT2D eigenvalue weighted by molar-refractivity contribution is 0.406. The molecule has 0 atom stereocenters. The Morgan fingerprint density at radius 3 is 1.48 bits per heavy atom. The molecule has 0 N–H and O–H groups in total. The quantitative estimate of drug-likeness (QED) is 0.201. The van der Waals surface area contributed by atoms with Crippen molar-refractivity contribution in [2.75, 3.05) is 0 Å². The van der Waals surface area contributed by atoms with Gasteiger partial charge in [-0.15, -0.1) is 0 Å². The summed E-state index contributed by atoms with van der Waals surface area (Å²) in [6.07, 6.45) is 0. The van der Waals surface area contributed by atoms with Gasteiger partial charge in [0, 0.05) is 39.9 Å². The molecule has 148 valence electrons. The fourth-order valence-electron chi connectivity index (χ4n) is 2.99. The molecule has 4 aromatic carbocycles. The number of hydrogen-bond acceptors (Lipinski definition) is 3. The first-order chi connectivity index (χ1) is 13.7. The van der Waals surface area contributed by atoms with Gasteiger partial charge in [0.05, 0.1) is 0 Å². The van der Waals surface area contributed by atoms with Crippen LogP contribution in [0.3, 0.4) is 0 Å². The molecule has 0 aliphatic rings. The van der Waals surface area contributed by atoms with Crippen molar-refractivity contribution in [3.05, 3.63) is 78.6 Å². The van der Waals surface area contributed by atoms with E-state index >= 15 is 0 Å². The number of benzene rings is 4. The fourth-order valence-corrected chi connectivity index (χ4v) is 7.27. The molecule has 0 bridgehead atoms. The number of hydrogen-bond donors (Lipinski definition) is 0. The van der Waals surface area contributed by atoms with Gasteiger partial charge in [0.2, 0.25) is 0 Å². The Balaban J connectivity index is 1.65. The first kappa shape index (κ1) is 21.7. The number of rotatable bonds is 4. The second-order valence-electron chi connectivity index (χ2n) is 6.10. The van der Waals surface area contributed by atoms with Crippen LogP contribution in [0.1, 0.15) is 0 Å². The van der Waals surface area contributed by atoms with Gasteiger partial charge in [-0.3, -0.25) is 0 Å². The lowest BCUT2D eigenvalue weighted by Crippen LogP contribution is -1.96. The van der Waals surface area contributed by atoms with Crippen molar-refractivity contribution in [2.45, 2.75) is 0 Å². The zero-order valence-corrected chi connectivity index (χ0v) is 22.3. The monoisotopic (exact) mass is 680 g/mol. The summed E-state index contributed by atoms with van der Waals surface area (Å²) in [5.41, 5.74) is 0. The van der Waals surface area contributed by atoms with E-state index in [0.717, 1.165) is 39.4 Å². The molecular formula is C20H10Br4ClO3P. The van der Waals surface area contributed by atoms with Crippen molar-refractivity contribution in [1.29, 1.82) is 0 Å². The maximum atomic E-state index is 12.9. The van der Waals surface area contributed by atoms with Gasteiger partial charge in [-0.25, -0.2) is 4.57 Å². The third-order valence-electron chi connectivity index (χ3n) is 4.13. The second kappa shape index (κ2) is 8.52. The molecule has 0 aliphatic heterocycles. The average Bonchev–Trinajstić information content (AvgIpc) is 2.60. The molecule has 0 spiro atoms. The van der Waals surface area contributed by atoms with Crippen LogP contribution < -0.4 is 9.05 Å². The Morgan fingerprint density at radius 2 is 1.07 bits per heavy atom. The molecule has 29 heavy (non-hydrogen) atoms. The Morgan fingerprint density at radius 1 is 0.655 bits per heavy atom. The zero-order chi connectivity index (χ0) is 20.8. The van der Waals surface area contributed by atoms with Gasteiger partial charge < -0.3 is 9.05 Å². The van der Waals surface area contributed by atoms with Crippen LogP contribution in [-0.2, 0) is 4.57 Å². The minimum Gasteiger partial charge on any atom is -0.405 e. The van der Waals surface area contributed by atoms with Crippen molar-refractivity contribution in [2.24, 2.45) is 0 Å². The van der Waals surface area contributed by atoms with E-state index in [2.05, 4.69) is 63.7 Å². The smallest absolute Gasteiger partial charge is 0.405 e. The van der Waals surface area contributed by atoms with Crippen LogP contribution in [-0.4, -0.2) is 0 Å². The summed E-state index contributed by atoms with van der Waals surface area (Å²) < 4.78 is 27.4. The number of fused-ring (bicyclic) bond motifs is 2. The van der Waals surface area contributed by atoms with Crippen molar-refractivity contribution >= 4 is 103 Å². The largest absolute Gasteiger partial charge is 0.530 e. The van der Waals surface area contributed by atoms with Crippen LogP contribution in [0.2, 0.25) is 0 Å². The molecule has 0 saturated heterocycles. The molecule has 4 aromatic rings. The lowest BCUT2D eigenvalue weighted by atomic mass is 10.1. The van der Waals surface area contributed by atoms with E-state index in [0.29, 0.717) is 11.5 Å². The van der Waals surface area contributed by atoms with Crippen LogP contribution in [0.5, 0.6) is 11.5 Å². The van der Waals surface area contributed by atoms with E-state index in [1.165, 1.54) is 0 Å². The van der Waals surface area contributed by atoms with Crippen molar-refractivity contribution in [3.63, 3.8) is 0 Å². The van der Waals surface area contributed by atoms with Gasteiger partial charge in [-0.05, 0) is 79.0 Å². The van der Waals surface area contributed by atoms with E-state index < -0.39 is 6.95 Å². The molecule has 0 saturated carbocycles. The van der Waals surface area contributed by atoms with Gasteiger partial charge in [0.15, 0.2) is 0 Å². The second-order valence-corrected chi connectivity index (χ2v) is 12.0. The van der Waals surface area contributed by atoms with E-state index in [4.69, 9.17) is 20.3 Å². The minimum atomic E-state index is -3.95. The van der Waals surface area contributed by atoms with E-state index in [9.17, 15) is 4.57 Å². The van der Waals surface area contributed by atoms with Gasteiger partial charge in [-0.2, -0.15) is 0 Å². The summed E-state index contributed by atoms with van der Waals surface area (Å²) in [7, 11) is 0. The summed E-state index contributed by atoms with van der Waals surface area (Å²) in [6.45, 7) is -3.95. The Hall–Kier alpha value is -0.560. The molecule has 0 radical (unpaired) electrons. The van der Waals surface area contributed by atoms with Crippen LogP contribution in [0.25, 0.3) is 21.5 Å². The highest BCUT2D eigenvalue weighted by Crippen LogP contribution is 2.54. The molecule has 0 fully saturated rings.